The summed E-state index contributed by atoms with van der Waals surface area (Å²) in [6, 6.07) is 9.38. The summed E-state index contributed by atoms with van der Waals surface area (Å²) in [4.78, 5) is 42.0. The number of carbonyl (C=O) groups is 3. The molecule has 2 aromatic carbocycles. The zero-order valence-electron chi connectivity index (χ0n) is 22.8. The number of alkyl carbamates (subject to hydrolysis) is 1. The van der Waals surface area contributed by atoms with Gasteiger partial charge in [-0.2, -0.15) is 0 Å². The molecule has 2 atom stereocenters. The van der Waals surface area contributed by atoms with Crippen molar-refractivity contribution in [3.63, 3.8) is 0 Å². The Bertz CT molecular complexity index is 1150. The van der Waals surface area contributed by atoms with E-state index in [1.54, 1.807) is 38.7 Å². The number of ether oxygens (including phenoxy) is 1. The number of anilines is 1. The Morgan fingerprint density at radius 3 is 2.30 bits per heavy atom. The number of halogens is 1. The number of aryl methyl sites for hydroxylation is 3. The van der Waals surface area contributed by atoms with Crippen LogP contribution >= 0.6 is 11.6 Å². The second kappa shape index (κ2) is 11.5. The molecule has 0 heterocycles. The standard InChI is InChI=1S/C29H38ClN3O4/c1-17-14-15-18(2)22(16-17)25(26(34)32-24-19(3)10-8-13-23(24)30)33(21-11-9-12-21)27(35)20(4)31-28(36)37-29(5,6)7/h8,10,13-16,20-21,25H,9,11-12H2,1-7H3,(H,31,36)(H,32,34). The molecule has 1 aliphatic carbocycles. The Morgan fingerprint density at radius 2 is 1.73 bits per heavy atom. The Morgan fingerprint density at radius 1 is 1.05 bits per heavy atom. The van der Waals surface area contributed by atoms with Crippen molar-refractivity contribution in [1.29, 1.82) is 0 Å². The van der Waals surface area contributed by atoms with E-state index in [2.05, 4.69) is 10.6 Å². The number of hydrogen-bond donors (Lipinski definition) is 2. The molecule has 7 nitrogen and oxygen atoms in total. The first kappa shape index (κ1) is 28.5. The molecule has 37 heavy (non-hydrogen) atoms. The maximum absolute atomic E-state index is 14.0. The minimum absolute atomic E-state index is 0.126. The van der Waals surface area contributed by atoms with Gasteiger partial charge in [0, 0.05) is 6.04 Å². The Kier molecular flexibility index (Phi) is 8.90. The number of nitrogens with zero attached hydrogens (tertiary/aromatic N) is 1. The van der Waals surface area contributed by atoms with Crippen LogP contribution < -0.4 is 10.6 Å². The van der Waals surface area contributed by atoms with Gasteiger partial charge in [0.25, 0.3) is 5.91 Å². The van der Waals surface area contributed by atoms with E-state index in [0.29, 0.717) is 10.7 Å². The molecule has 3 amide bonds. The highest BCUT2D eigenvalue weighted by Gasteiger charge is 2.41. The zero-order chi connectivity index (χ0) is 27.5. The highest BCUT2D eigenvalue weighted by atomic mass is 35.5. The van der Waals surface area contributed by atoms with Crippen molar-refractivity contribution in [1.82, 2.24) is 10.2 Å². The molecule has 0 spiro atoms. The number of benzene rings is 2. The van der Waals surface area contributed by atoms with Gasteiger partial charge < -0.3 is 20.3 Å². The topological polar surface area (TPSA) is 87.7 Å². The normalized spacial score (nSPS) is 15.2. The van der Waals surface area contributed by atoms with Crippen LogP contribution in [0.15, 0.2) is 36.4 Å². The summed E-state index contributed by atoms with van der Waals surface area (Å²) in [6.07, 6.45) is 1.85. The molecular weight excluding hydrogens is 490 g/mol. The van der Waals surface area contributed by atoms with Crippen LogP contribution in [0, 0.1) is 20.8 Å². The molecule has 200 valence electrons. The molecule has 2 unspecified atom stereocenters. The third-order valence-electron chi connectivity index (χ3n) is 6.55. The molecule has 2 aromatic rings. The second-order valence-electron chi connectivity index (χ2n) is 10.9. The maximum atomic E-state index is 14.0. The third kappa shape index (κ3) is 7.04. The smallest absolute Gasteiger partial charge is 0.408 e. The van der Waals surface area contributed by atoms with Crippen LogP contribution in [0.25, 0.3) is 0 Å². The van der Waals surface area contributed by atoms with Crippen LogP contribution in [0.5, 0.6) is 0 Å². The van der Waals surface area contributed by atoms with Crippen molar-refractivity contribution in [2.24, 2.45) is 0 Å². The Hall–Kier alpha value is -3.06. The fraction of sp³-hybridized carbons (Fsp3) is 0.483. The zero-order valence-corrected chi connectivity index (χ0v) is 23.5. The molecule has 0 saturated heterocycles. The van der Waals surface area contributed by atoms with Crippen LogP contribution in [0.3, 0.4) is 0 Å². The van der Waals surface area contributed by atoms with Gasteiger partial charge in [0.15, 0.2) is 0 Å². The fourth-order valence-electron chi connectivity index (χ4n) is 4.41. The molecule has 8 heteroatoms. The van der Waals surface area contributed by atoms with Crippen LogP contribution in [0.4, 0.5) is 10.5 Å². The first-order chi connectivity index (χ1) is 17.3. The van der Waals surface area contributed by atoms with Crippen LogP contribution in [0.1, 0.15) is 75.3 Å². The highest BCUT2D eigenvalue weighted by Crippen LogP contribution is 2.36. The summed E-state index contributed by atoms with van der Waals surface area (Å²) in [5.41, 5.74) is 3.26. The summed E-state index contributed by atoms with van der Waals surface area (Å²) in [6.45, 7) is 12.7. The minimum Gasteiger partial charge on any atom is -0.444 e. The average molecular weight is 528 g/mol. The summed E-state index contributed by atoms with van der Waals surface area (Å²) >= 11 is 6.43. The van der Waals surface area contributed by atoms with E-state index < -0.39 is 23.8 Å². The summed E-state index contributed by atoms with van der Waals surface area (Å²) in [5, 5.41) is 6.08. The summed E-state index contributed by atoms with van der Waals surface area (Å²) in [7, 11) is 0. The maximum Gasteiger partial charge on any atom is 0.408 e. The van der Waals surface area contributed by atoms with E-state index in [1.165, 1.54) is 0 Å². The van der Waals surface area contributed by atoms with E-state index in [9.17, 15) is 14.4 Å². The fourth-order valence-corrected chi connectivity index (χ4v) is 4.68. The van der Waals surface area contributed by atoms with Gasteiger partial charge in [-0.05, 0) is 90.5 Å². The van der Waals surface area contributed by atoms with Crippen molar-refractivity contribution in [2.45, 2.75) is 91.5 Å². The quantitative estimate of drug-likeness (QED) is 0.446. The van der Waals surface area contributed by atoms with Crippen molar-refractivity contribution < 1.29 is 19.1 Å². The van der Waals surface area contributed by atoms with E-state index in [-0.39, 0.29) is 17.9 Å². The van der Waals surface area contributed by atoms with Crippen LogP contribution in [-0.2, 0) is 14.3 Å². The lowest BCUT2D eigenvalue weighted by atomic mass is 9.87. The lowest BCUT2D eigenvalue weighted by molar-refractivity contribution is -0.145. The molecule has 1 fully saturated rings. The van der Waals surface area contributed by atoms with Gasteiger partial charge in [0.1, 0.15) is 17.7 Å². The van der Waals surface area contributed by atoms with Crippen LogP contribution in [0.2, 0.25) is 5.02 Å². The molecule has 3 rings (SSSR count). The molecule has 1 aliphatic rings. The third-order valence-corrected chi connectivity index (χ3v) is 6.87. The number of carbonyl (C=O) groups excluding carboxylic acids is 3. The van der Waals surface area contributed by atoms with Crippen molar-refractivity contribution in [3.8, 4) is 0 Å². The highest BCUT2D eigenvalue weighted by molar-refractivity contribution is 6.34. The van der Waals surface area contributed by atoms with Crippen LogP contribution in [-0.4, -0.2) is 40.5 Å². The van der Waals surface area contributed by atoms with Crippen molar-refractivity contribution in [2.75, 3.05) is 5.32 Å². The lowest BCUT2D eigenvalue weighted by Crippen LogP contribution is -2.56. The molecule has 0 aliphatic heterocycles. The second-order valence-corrected chi connectivity index (χ2v) is 11.3. The lowest BCUT2D eigenvalue weighted by Gasteiger charge is -2.43. The Labute approximate surface area is 224 Å². The van der Waals surface area contributed by atoms with Gasteiger partial charge in [-0.3, -0.25) is 9.59 Å². The molecular formula is C29H38ClN3O4. The molecule has 0 radical (unpaired) electrons. The van der Waals surface area contributed by atoms with E-state index >= 15 is 0 Å². The van der Waals surface area contributed by atoms with Crippen molar-refractivity contribution >= 4 is 35.2 Å². The first-order valence-electron chi connectivity index (χ1n) is 12.7. The number of amides is 3. The van der Waals surface area contributed by atoms with Crippen molar-refractivity contribution in [3.05, 3.63) is 63.7 Å². The molecule has 1 saturated carbocycles. The molecule has 0 bridgehead atoms. The van der Waals surface area contributed by atoms with Gasteiger partial charge in [-0.15, -0.1) is 0 Å². The number of rotatable bonds is 7. The Balaban J connectivity index is 2.03. The predicted octanol–water partition coefficient (Wildman–Crippen LogP) is 6.24. The van der Waals surface area contributed by atoms with E-state index in [0.717, 1.165) is 41.5 Å². The van der Waals surface area contributed by atoms with Gasteiger partial charge in [-0.25, -0.2) is 4.79 Å². The van der Waals surface area contributed by atoms with E-state index in [4.69, 9.17) is 16.3 Å². The largest absolute Gasteiger partial charge is 0.444 e. The predicted molar refractivity (Wildman–Crippen MR) is 147 cm³/mol. The number of nitrogens with one attached hydrogen (secondary N) is 2. The van der Waals surface area contributed by atoms with Gasteiger partial charge in [-0.1, -0.05) is 47.5 Å². The van der Waals surface area contributed by atoms with Gasteiger partial charge in [0.05, 0.1) is 10.7 Å². The van der Waals surface area contributed by atoms with E-state index in [1.807, 2.05) is 51.1 Å². The SMILES string of the molecule is Cc1ccc(C)c(C(C(=O)Nc2c(C)cccc2Cl)N(C(=O)C(C)NC(=O)OC(C)(C)C)C2CCC2)c1. The first-order valence-corrected chi connectivity index (χ1v) is 13.1. The average Bonchev–Trinajstić information content (AvgIpc) is 2.75. The number of hydrogen-bond acceptors (Lipinski definition) is 4. The molecule has 0 aromatic heterocycles. The summed E-state index contributed by atoms with van der Waals surface area (Å²) in [5.74, 6) is -0.692. The summed E-state index contributed by atoms with van der Waals surface area (Å²) < 4.78 is 5.36. The van der Waals surface area contributed by atoms with Gasteiger partial charge >= 0.3 is 6.09 Å². The number of para-hydroxylation sites is 1. The van der Waals surface area contributed by atoms with Gasteiger partial charge in [0.2, 0.25) is 5.91 Å². The monoisotopic (exact) mass is 527 g/mol. The minimum atomic E-state index is -0.906. The molecule has 2 N–H and O–H groups in total.